The summed E-state index contributed by atoms with van der Waals surface area (Å²) in [6.07, 6.45) is 1.16. The van der Waals surface area contributed by atoms with E-state index in [1.807, 2.05) is 0 Å². The van der Waals surface area contributed by atoms with Crippen LogP contribution in [0.2, 0.25) is 0 Å². The number of methoxy groups -OCH3 is 1. The van der Waals surface area contributed by atoms with Crippen LogP contribution in [0.5, 0.6) is 0 Å². The smallest absolute Gasteiger partial charge is 0.194 e. The van der Waals surface area contributed by atoms with Gasteiger partial charge < -0.3 is 24.4 Å². The fourth-order valence-corrected chi connectivity index (χ4v) is 3.97. The Kier molecular flexibility index (Phi) is 12.0. The highest BCUT2D eigenvalue weighted by Crippen LogP contribution is 2.24. The predicted octanol–water partition coefficient (Wildman–Crippen LogP) is 2.21. The van der Waals surface area contributed by atoms with E-state index in [-0.39, 0.29) is 30.1 Å². The van der Waals surface area contributed by atoms with Crippen LogP contribution in [0.25, 0.3) is 0 Å². The number of aliphatic imine (C=N–C) groups is 1. The van der Waals surface area contributed by atoms with Crippen LogP contribution in [-0.4, -0.2) is 94.2 Å². The van der Waals surface area contributed by atoms with Crippen molar-refractivity contribution in [3.05, 3.63) is 35.9 Å². The van der Waals surface area contributed by atoms with Crippen molar-refractivity contribution in [1.82, 2.24) is 15.1 Å². The third-order valence-electron chi connectivity index (χ3n) is 5.42. The third-order valence-corrected chi connectivity index (χ3v) is 5.42. The van der Waals surface area contributed by atoms with Gasteiger partial charge in [-0.2, -0.15) is 0 Å². The molecule has 2 unspecified atom stereocenters. The molecule has 2 aliphatic rings. The van der Waals surface area contributed by atoms with Crippen LogP contribution in [-0.2, 0) is 20.8 Å². The Labute approximate surface area is 198 Å². The lowest BCUT2D eigenvalue weighted by molar-refractivity contribution is -0.0502. The minimum absolute atomic E-state index is 0. The number of rotatable bonds is 10. The molecule has 1 N–H and O–H groups in total. The van der Waals surface area contributed by atoms with Gasteiger partial charge in [-0.15, -0.1) is 24.0 Å². The van der Waals surface area contributed by atoms with Gasteiger partial charge in [0.2, 0.25) is 0 Å². The lowest BCUT2D eigenvalue weighted by atomic mass is 10.1. The summed E-state index contributed by atoms with van der Waals surface area (Å²) in [6.45, 7) is 10.3. The molecule has 1 aromatic rings. The van der Waals surface area contributed by atoms with Crippen LogP contribution >= 0.6 is 24.0 Å². The molecule has 2 atom stereocenters. The summed E-state index contributed by atoms with van der Waals surface area (Å²) in [5.41, 5.74) is 1.36. The normalized spacial score (nSPS) is 21.9. The number of fused-ring (bicyclic) bond motifs is 1. The average Bonchev–Trinajstić information content (AvgIpc) is 3.18. The lowest BCUT2D eigenvalue weighted by Gasteiger charge is -2.36. The molecule has 0 bridgehead atoms. The molecule has 7 nitrogen and oxygen atoms in total. The highest BCUT2D eigenvalue weighted by molar-refractivity contribution is 14.0. The van der Waals surface area contributed by atoms with Crippen LogP contribution in [0.3, 0.4) is 0 Å². The van der Waals surface area contributed by atoms with Crippen LogP contribution in [0.1, 0.15) is 18.9 Å². The quantitative estimate of drug-likeness (QED) is 0.216. The molecule has 0 saturated carbocycles. The largest absolute Gasteiger partial charge is 0.382 e. The van der Waals surface area contributed by atoms with Gasteiger partial charge in [-0.3, -0.25) is 9.89 Å². The number of hydrogen-bond donors (Lipinski definition) is 1. The highest BCUT2D eigenvalue weighted by Gasteiger charge is 2.41. The molecule has 170 valence electrons. The number of nitrogens with zero attached hydrogens (tertiary/aromatic N) is 3. The van der Waals surface area contributed by atoms with Crippen LogP contribution in [0.4, 0.5) is 0 Å². The Morgan fingerprint density at radius 2 is 2.03 bits per heavy atom. The van der Waals surface area contributed by atoms with Crippen molar-refractivity contribution in [2.24, 2.45) is 4.99 Å². The van der Waals surface area contributed by atoms with E-state index in [2.05, 4.69) is 52.4 Å². The minimum atomic E-state index is 0. The molecule has 2 aliphatic heterocycles. The van der Waals surface area contributed by atoms with E-state index in [1.54, 1.807) is 7.11 Å². The summed E-state index contributed by atoms with van der Waals surface area (Å²) in [6, 6.07) is 11.1. The second-order valence-corrected chi connectivity index (χ2v) is 7.53. The van der Waals surface area contributed by atoms with E-state index >= 15 is 0 Å². The number of hydrogen-bond acceptors (Lipinski definition) is 5. The predicted molar refractivity (Wildman–Crippen MR) is 131 cm³/mol. The van der Waals surface area contributed by atoms with Crippen LogP contribution in [0, 0.1) is 0 Å². The zero-order chi connectivity index (χ0) is 20.3. The zero-order valence-corrected chi connectivity index (χ0v) is 20.6. The molecule has 0 spiro atoms. The fourth-order valence-electron chi connectivity index (χ4n) is 3.97. The maximum absolute atomic E-state index is 6.11. The molecule has 30 heavy (non-hydrogen) atoms. The summed E-state index contributed by atoms with van der Waals surface area (Å²) in [4.78, 5) is 9.75. The van der Waals surface area contributed by atoms with Gasteiger partial charge in [0.25, 0.3) is 0 Å². The van der Waals surface area contributed by atoms with E-state index in [1.165, 1.54) is 5.56 Å². The molecule has 0 radical (unpaired) electrons. The number of nitrogens with one attached hydrogen (secondary N) is 1. The summed E-state index contributed by atoms with van der Waals surface area (Å²) in [7, 11) is 1.69. The first-order valence-corrected chi connectivity index (χ1v) is 10.8. The SMILES string of the molecule is CCNC(=NCCCOCCOC)N1CC2OCCN(Cc3ccccc3)C2C1.I. The fraction of sp³-hybridized carbons (Fsp3) is 0.682. The Morgan fingerprint density at radius 1 is 1.20 bits per heavy atom. The number of morpholine rings is 1. The van der Waals surface area contributed by atoms with Gasteiger partial charge in [-0.05, 0) is 18.9 Å². The van der Waals surface area contributed by atoms with Crippen LogP contribution < -0.4 is 5.32 Å². The molecule has 0 aromatic heterocycles. The van der Waals surface area contributed by atoms with Crippen molar-refractivity contribution in [1.29, 1.82) is 0 Å². The van der Waals surface area contributed by atoms with Crippen molar-refractivity contribution in [3.63, 3.8) is 0 Å². The van der Waals surface area contributed by atoms with Gasteiger partial charge in [0.15, 0.2) is 5.96 Å². The lowest BCUT2D eigenvalue weighted by Crippen LogP contribution is -2.50. The van der Waals surface area contributed by atoms with Crippen LogP contribution in [0.15, 0.2) is 35.3 Å². The molecular weight excluding hydrogens is 495 g/mol. The minimum Gasteiger partial charge on any atom is -0.382 e. The van der Waals surface area contributed by atoms with Gasteiger partial charge in [-0.25, -0.2) is 0 Å². The van der Waals surface area contributed by atoms with Gasteiger partial charge in [0.1, 0.15) is 0 Å². The molecule has 1 aromatic carbocycles. The first kappa shape index (κ1) is 25.3. The standard InChI is InChI=1S/C22H36N4O3.HI/c1-3-23-22(24-10-7-12-28-15-14-27-2)26-17-20-21(18-26)29-13-11-25(20)16-19-8-5-4-6-9-19;/h4-6,8-9,20-21H,3,7,10-18H2,1-2H3,(H,23,24);1H. The van der Waals surface area contributed by atoms with Crippen molar-refractivity contribution in [2.75, 3.05) is 66.3 Å². The second kappa shape index (κ2) is 14.2. The summed E-state index contributed by atoms with van der Waals surface area (Å²) >= 11 is 0. The maximum Gasteiger partial charge on any atom is 0.194 e. The monoisotopic (exact) mass is 532 g/mol. The molecule has 0 amide bonds. The zero-order valence-electron chi connectivity index (χ0n) is 18.3. The van der Waals surface area contributed by atoms with E-state index in [0.29, 0.717) is 25.9 Å². The van der Waals surface area contributed by atoms with Crippen molar-refractivity contribution in [3.8, 4) is 0 Å². The highest BCUT2D eigenvalue weighted by atomic mass is 127. The summed E-state index contributed by atoms with van der Waals surface area (Å²) in [5, 5.41) is 3.45. The maximum atomic E-state index is 6.11. The van der Waals surface area contributed by atoms with E-state index in [0.717, 1.165) is 58.3 Å². The number of likely N-dealkylation sites (tertiary alicyclic amines) is 1. The molecule has 8 heteroatoms. The topological polar surface area (TPSA) is 58.6 Å². The number of benzene rings is 1. The van der Waals surface area contributed by atoms with Gasteiger partial charge in [-0.1, -0.05) is 30.3 Å². The van der Waals surface area contributed by atoms with Gasteiger partial charge in [0, 0.05) is 53.0 Å². The Hall–Kier alpha value is -0.940. The molecule has 2 heterocycles. The number of halogens is 1. The first-order valence-electron chi connectivity index (χ1n) is 10.8. The number of ether oxygens (including phenoxy) is 3. The van der Waals surface area contributed by atoms with E-state index < -0.39 is 0 Å². The van der Waals surface area contributed by atoms with Crippen molar-refractivity contribution < 1.29 is 14.2 Å². The Morgan fingerprint density at radius 3 is 2.80 bits per heavy atom. The molecule has 0 aliphatic carbocycles. The molecule has 2 fully saturated rings. The molecule has 2 saturated heterocycles. The van der Waals surface area contributed by atoms with Crippen molar-refractivity contribution >= 4 is 29.9 Å². The summed E-state index contributed by atoms with van der Waals surface area (Å²) in [5.74, 6) is 0.988. The van der Waals surface area contributed by atoms with Gasteiger partial charge in [0.05, 0.1) is 32.0 Å². The number of guanidine groups is 1. The van der Waals surface area contributed by atoms with E-state index in [9.17, 15) is 0 Å². The Bertz CT molecular complexity index is 620. The average molecular weight is 532 g/mol. The molecule has 3 rings (SSSR count). The second-order valence-electron chi connectivity index (χ2n) is 7.53. The summed E-state index contributed by atoms with van der Waals surface area (Å²) < 4.78 is 16.6. The third kappa shape index (κ3) is 7.64. The Balaban J connectivity index is 0.00000320. The first-order chi connectivity index (χ1) is 14.3. The van der Waals surface area contributed by atoms with E-state index in [4.69, 9.17) is 19.2 Å². The van der Waals surface area contributed by atoms with Gasteiger partial charge >= 0.3 is 0 Å². The van der Waals surface area contributed by atoms with Crippen molar-refractivity contribution in [2.45, 2.75) is 32.0 Å². The molecular formula is C22H37IN4O3.